The van der Waals surface area contributed by atoms with Gasteiger partial charge in [0.25, 0.3) is 0 Å². The number of rotatable bonds is 7. The van der Waals surface area contributed by atoms with Crippen molar-refractivity contribution in [3.8, 4) is 16.9 Å². The summed E-state index contributed by atoms with van der Waals surface area (Å²) in [6, 6.07) is 9.89. The summed E-state index contributed by atoms with van der Waals surface area (Å²) in [6.07, 6.45) is 5.98. The predicted molar refractivity (Wildman–Crippen MR) is 140 cm³/mol. The van der Waals surface area contributed by atoms with Crippen molar-refractivity contribution in [3.05, 3.63) is 53.3 Å². The number of benzene rings is 2. The first kappa shape index (κ1) is 25.7. The van der Waals surface area contributed by atoms with Crippen LogP contribution in [-0.2, 0) is 4.79 Å². The fraction of sp³-hybridized carbons (Fsp3) is 0.533. The van der Waals surface area contributed by atoms with Crippen molar-refractivity contribution in [2.75, 3.05) is 13.6 Å². The zero-order valence-corrected chi connectivity index (χ0v) is 21.9. The van der Waals surface area contributed by atoms with Crippen LogP contribution in [0.4, 0.5) is 4.39 Å². The molecule has 1 heterocycles. The van der Waals surface area contributed by atoms with Crippen LogP contribution in [-0.4, -0.2) is 53.2 Å². The number of carboxylic acids is 1. The zero-order valence-electron chi connectivity index (χ0n) is 21.9. The van der Waals surface area contributed by atoms with Crippen LogP contribution in [0.25, 0.3) is 11.1 Å². The molecular formula is C30H37FN2O4. The molecule has 0 unspecified atom stereocenters. The molecule has 0 spiro atoms. The quantitative estimate of drug-likeness (QED) is 0.509. The monoisotopic (exact) mass is 508 g/mol. The molecule has 2 aliphatic carbocycles. The minimum atomic E-state index is -1.03. The van der Waals surface area contributed by atoms with E-state index in [4.69, 9.17) is 4.74 Å². The van der Waals surface area contributed by atoms with E-state index in [-0.39, 0.29) is 46.8 Å². The molecule has 1 saturated heterocycles. The van der Waals surface area contributed by atoms with E-state index in [0.717, 1.165) is 45.1 Å². The summed E-state index contributed by atoms with van der Waals surface area (Å²) < 4.78 is 21.4. The third-order valence-corrected chi connectivity index (χ3v) is 8.75. The molecule has 2 aromatic rings. The van der Waals surface area contributed by atoms with Gasteiger partial charge in [-0.3, -0.25) is 4.79 Å². The Morgan fingerprint density at radius 3 is 2.54 bits per heavy atom. The third-order valence-electron chi connectivity index (χ3n) is 8.75. The summed E-state index contributed by atoms with van der Waals surface area (Å²) in [4.78, 5) is 26.9. The lowest BCUT2D eigenvalue weighted by atomic mass is 9.76. The molecule has 1 amide bonds. The van der Waals surface area contributed by atoms with Gasteiger partial charge in [-0.1, -0.05) is 18.6 Å². The van der Waals surface area contributed by atoms with Gasteiger partial charge < -0.3 is 20.1 Å². The Kier molecular flexibility index (Phi) is 7.01. The molecule has 37 heavy (non-hydrogen) atoms. The predicted octanol–water partition coefficient (Wildman–Crippen LogP) is 5.60. The lowest BCUT2D eigenvalue weighted by Gasteiger charge is -2.29. The van der Waals surface area contributed by atoms with Crippen LogP contribution in [0.2, 0.25) is 0 Å². The van der Waals surface area contributed by atoms with E-state index >= 15 is 0 Å². The fourth-order valence-corrected chi connectivity index (χ4v) is 6.11. The fourth-order valence-electron chi connectivity index (χ4n) is 6.11. The normalized spacial score (nSPS) is 25.6. The van der Waals surface area contributed by atoms with E-state index in [0.29, 0.717) is 28.9 Å². The average molecular weight is 509 g/mol. The molecule has 2 saturated carbocycles. The number of carbonyl (C=O) groups excluding carboxylic acids is 1. The number of nitrogens with zero attached hydrogens (tertiary/aromatic N) is 1. The molecule has 3 fully saturated rings. The number of carboxylic acid groups (broad SMARTS) is 1. The lowest BCUT2D eigenvalue weighted by Crippen LogP contribution is -2.38. The maximum atomic E-state index is 15.0. The number of hydrogen-bond donors (Lipinski definition) is 2. The van der Waals surface area contributed by atoms with Crippen molar-refractivity contribution < 1.29 is 23.8 Å². The molecule has 0 radical (unpaired) electrons. The van der Waals surface area contributed by atoms with Gasteiger partial charge in [0.05, 0.1) is 11.5 Å². The van der Waals surface area contributed by atoms with E-state index in [1.54, 1.807) is 18.2 Å². The van der Waals surface area contributed by atoms with E-state index in [2.05, 4.69) is 31.1 Å². The number of aromatic carboxylic acids is 1. The van der Waals surface area contributed by atoms with Gasteiger partial charge in [-0.25, -0.2) is 9.18 Å². The van der Waals surface area contributed by atoms with E-state index in [1.165, 1.54) is 12.1 Å². The van der Waals surface area contributed by atoms with Gasteiger partial charge in [0, 0.05) is 30.1 Å². The van der Waals surface area contributed by atoms with Crippen molar-refractivity contribution in [1.82, 2.24) is 10.2 Å². The molecule has 0 aromatic heterocycles. The van der Waals surface area contributed by atoms with Gasteiger partial charge in [-0.2, -0.15) is 0 Å². The van der Waals surface area contributed by atoms with Gasteiger partial charge in [-0.05, 0) is 94.3 Å². The second kappa shape index (κ2) is 10.1. The van der Waals surface area contributed by atoms with Crippen molar-refractivity contribution >= 4 is 11.9 Å². The molecule has 198 valence electrons. The smallest absolute Gasteiger partial charge is 0.335 e. The Bertz CT molecular complexity index is 1190. The minimum absolute atomic E-state index is 0.00645. The highest BCUT2D eigenvalue weighted by Gasteiger charge is 2.40. The maximum absolute atomic E-state index is 15.0. The van der Waals surface area contributed by atoms with E-state index in [1.807, 2.05) is 6.07 Å². The first-order valence-corrected chi connectivity index (χ1v) is 13.5. The number of halogens is 1. The summed E-state index contributed by atoms with van der Waals surface area (Å²) in [5.74, 6) is -0.472. The second-order valence-electron chi connectivity index (χ2n) is 11.7. The number of likely N-dealkylation sites (tertiary alicyclic amines) is 1. The average Bonchev–Trinajstić information content (AvgIpc) is 3.36. The Labute approximate surface area is 218 Å². The van der Waals surface area contributed by atoms with E-state index < -0.39 is 5.97 Å². The summed E-state index contributed by atoms with van der Waals surface area (Å²) in [5.41, 5.74) is 2.15. The van der Waals surface area contributed by atoms with E-state index in [9.17, 15) is 19.1 Å². The SMILES string of the molecule is CN1C[C@H](C(=O)N[C@@H]2CC[C@@H](Oc3ccc(C(=O)O)cc3-c3cccc(F)c3C3CCC3)C2)CC1(C)C. The second-order valence-corrected chi connectivity index (χ2v) is 11.7. The molecular weight excluding hydrogens is 471 g/mol. The molecule has 5 rings (SSSR count). The molecule has 2 N–H and O–H groups in total. The molecule has 3 aliphatic rings. The van der Waals surface area contributed by atoms with Crippen LogP contribution < -0.4 is 10.1 Å². The highest BCUT2D eigenvalue weighted by Crippen LogP contribution is 2.45. The summed E-state index contributed by atoms with van der Waals surface area (Å²) in [7, 11) is 2.06. The standard InChI is InChI=1S/C30H37FN2O4/c1-30(2)16-20(17-33(30)3)28(34)32-21-11-12-22(15-21)37-26-13-10-19(29(35)36)14-24(26)23-8-5-9-25(31)27(23)18-6-4-7-18/h5,8-10,13-14,18,20-22H,4,6-7,11-12,15-17H2,1-3H3,(H,32,34)(H,35,36)/t20-,21-,22-/m1/s1. The molecule has 1 aliphatic heterocycles. The third kappa shape index (κ3) is 5.24. The number of ether oxygens (including phenoxy) is 1. The lowest BCUT2D eigenvalue weighted by molar-refractivity contribution is -0.125. The van der Waals surface area contributed by atoms with Crippen LogP contribution in [0.15, 0.2) is 36.4 Å². The number of amides is 1. The van der Waals surface area contributed by atoms with Gasteiger partial charge in [0.1, 0.15) is 17.7 Å². The molecule has 6 nitrogen and oxygen atoms in total. The van der Waals surface area contributed by atoms with Crippen LogP contribution in [0.5, 0.6) is 5.75 Å². The van der Waals surface area contributed by atoms with Gasteiger partial charge >= 0.3 is 5.97 Å². The molecule has 3 atom stereocenters. The number of hydrogen-bond acceptors (Lipinski definition) is 4. The Hall–Kier alpha value is -2.93. The van der Waals surface area contributed by atoms with Crippen molar-refractivity contribution in [3.63, 3.8) is 0 Å². The van der Waals surface area contributed by atoms with Crippen LogP contribution in [0.1, 0.15) is 80.6 Å². The van der Waals surface area contributed by atoms with Crippen LogP contribution >= 0.6 is 0 Å². The molecule has 7 heteroatoms. The topological polar surface area (TPSA) is 78.9 Å². The van der Waals surface area contributed by atoms with Crippen molar-refractivity contribution in [2.45, 2.75) is 82.4 Å². The Balaban J connectivity index is 1.33. The van der Waals surface area contributed by atoms with Gasteiger partial charge in [0.2, 0.25) is 5.91 Å². The Morgan fingerprint density at radius 1 is 1.11 bits per heavy atom. The van der Waals surface area contributed by atoms with Crippen molar-refractivity contribution in [1.29, 1.82) is 0 Å². The maximum Gasteiger partial charge on any atom is 0.335 e. The van der Waals surface area contributed by atoms with Crippen LogP contribution in [0.3, 0.4) is 0 Å². The van der Waals surface area contributed by atoms with Crippen molar-refractivity contribution in [2.24, 2.45) is 5.92 Å². The van der Waals surface area contributed by atoms with Gasteiger partial charge in [-0.15, -0.1) is 0 Å². The Morgan fingerprint density at radius 2 is 1.89 bits per heavy atom. The summed E-state index contributed by atoms with van der Waals surface area (Å²) >= 11 is 0. The molecule has 0 bridgehead atoms. The summed E-state index contributed by atoms with van der Waals surface area (Å²) in [5, 5.41) is 12.9. The van der Waals surface area contributed by atoms with Crippen LogP contribution in [0, 0.1) is 11.7 Å². The highest BCUT2D eigenvalue weighted by molar-refractivity contribution is 5.91. The van der Waals surface area contributed by atoms with Gasteiger partial charge in [0.15, 0.2) is 0 Å². The first-order valence-electron chi connectivity index (χ1n) is 13.5. The largest absolute Gasteiger partial charge is 0.490 e. The summed E-state index contributed by atoms with van der Waals surface area (Å²) in [6.45, 7) is 5.10. The molecule has 2 aromatic carbocycles. The number of carbonyl (C=O) groups is 2. The number of nitrogens with one attached hydrogen (secondary N) is 1. The first-order chi connectivity index (χ1) is 17.6. The minimum Gasteiger partial charge on any atom is -0.490 e. The zero-order chi connectivity index (χ0) is 26.3. The highest BCUT2D eigenvalue weighted by atomic mass is 19.1.